The van der Waals surface area contributed by atoms with Gasteiger partial charge in [0.05, 0.1) is 0 Å². The van der Waals surface area contributed by atoms with Crippen molar-refractivity contribution < 1.29 is 9.59 Å². The Labute approximate surface area is 149 Å². The number of hydrazine groups is 1. The van der Waals surface area contributed by atoms with Crippen molar-refractivity contribution in [3.8, 4) is 0 Å². The molecule has 5 nitrogen and oxygen atoms in total. The second kappa shape index (κ2) is 8.87. The van der Waals surface area contributed by atoms with Gasteiger partial charge in [0.25, 0.3) is 11.8 Å². The number of aryl methyl sites for hydroxylation is 1. The fourth-order valence-corrected chi connectivity index (χ4v) is 2.39. The minimum atomic E-state index is -0.350. The summed E-state index contributed by atoms with van der Waals surface area (Å²) in [6.45, 7) is 2.15. The van der Waals surface area contributed by atoms with E-state index in [4.69, 9.17) is 0 Å². The van der Waals surface area contributed by atoms with Crippen LogP contribution in [0.15, 0.2) is 48.5 Å². The molecule has 25 heavy (non-hydrogen) atoms. The molecule has 0 aliphatic heterocycles. The number of hydrogen-bond acceptors (Lipinski definition) is 3. The lowest BCUT2D eigenvalue weighted by molar-refractivity contribution is 0.0846. The summed E-state index contributed by atoms with van der Waals surface area (Å²) in [6, 6.07) is 14.6. The summed E-state index contributed by atoms with van der Waals surface area (Å²) in [5, 5.41) is 0. The molecule has 0 aliphatic carbocycles. The highest BCUT2D eigenvalue weighted by atomic mass is 16.2. The molecule has 0 bridgehead atoms. The van der Waals surface area contributed by atoms with Gasteiger partial charge in [-0.3, -0.25) is 20.4 Å². The van der Waals surface area contributed by atoms with Crippen molar-refractivity contribution in [3.63, 3.8) is 0 Å². The van der Waals surface area contributed by atoms with E-state index in [0.29, 0.717) is 11.1 Å². The fourth-order valence-electron chi connectivity index (χ4n) is 2.39. The highest BCUT2D eigenvalue weighted by molar-refractivity contribution is 5.99. The van der Waals surface area contributed by atoms with E-state index in [1.807, 2.05) is 37.2 Å². The first kappa shape index (κ1) is 18.5. The third kappa shape index (κ3) is 5.35. The van der Waals surface area contributed by atoms with Gasteiger partial charge in [-0.05, 0) is 48.7 Å². The molecule has 0 saturated heterocycles. The van der Waals surface area contributed by atoms with Crippen LogP contribution < -0.4 is 15.8 Å². The minimum Gasteiger partial charge on any atom is -0.378 e. The highest BCUT2D eigenvalue weighted by Crippen LogP contribution is 2.13. The molecule has 0 radical (unpaired) electrons. The van der Waals surface area contributed by atoms with E-state index in [9.17, 15) is 9.59 Å². The van der Waals surface area contributed by atoms with Crippen molar-refractivity contribution in [1.29, 1.82) is 0 Å². The minimum absolute atomic E-state index is 0.334. The summed E-state index contributed by atoms with van der Waals surface area (Å²) in [5.74, 6) is -0.684. The van der Waals surface area contributed by atoms with Crippen molar-refractivity contribution >= 4 is 17.5 Å². The average molecular weight is 339 g/mol. The standard InChI is InChI=1S/C20H25N3O2/c1-4-5-7-15-10-12-16(13-11-15)19(24)21-22-20(25)17-8-6-9-18(14-17)23(2)3/h6,8-14H,4-5,7H2,1-3H3,(H,21,24)(H,22,25). The van der Waals surface area contributed by atoms with Crippen LogP contribution in [-0.2, 0) is 6.42 Å². The van der Waals surface area contributed by atoms with E-state index in [2.05, 4.69) is 17.8 Å². The van der Waals surface area contributed by atoms with Crippen LogP contribution in [-0.4, -0.2) is 25.9 Å². The second-order valence-corrected chi connectivity index (χ2v) is 6.15. The number of amides is 2. The summed E-state index contributed by atoms with van der Waals surface area (Å²) < 4.78 is 0. The Balaban J connectivity index is 1.92. The van der Waals surface area contributed by atoms with Crippen molar-refractivity contribution in [2.75, 3.05) is 19.0 Å². The Hall–Kier alpha value is -2.82. The van der Waals surface area contributed by atoms with Crippen LogP contribution in [0.25, 0.3) is 0 Å². The molecular weight excluding hydrogens is 314 g/mol. The smallest absolute Gasteiger partial charge is 0.269 e. The Morgan fingerprint density at radius 2 is 1.56 bits per heavy atom. The van der Waals surface area contributed by atoms with Crippen molar-refractivity contribution in [2.45, 2.75) is 26.2 Å². The molecule has 0 spiro atoms. The van der Waals surface area contributed by atoms with E-state index in [1.54, 1.807) is 30.3 Å². The number of hydrogen-bond donors (Lipinski definition) is 2. The molecule has 2 aromatic rings. The van der Waals surface area contributed by atoms with Crippen LogP contribution in [0.4, 0.5) is 5.69 Å². The van der Waals surface area contributed by atoms with Gasteiger partial charge in [-0.15, -0.1) is 0 Å². The quantitative estimate of drug-likeness (QED) is 0.795. The Bertz CT molecular complexity index is 724. The summed E-state index contributed by atoms with van der Waals surface area (Å²) in [4.78, 5) is 26.2. The molecule has 2 amide bonds. The van der Waals surface area contributed by atoms with Crippen LogP contribution in [0.5, 0.6) is 0 Å². The summed E-state index contributed by atoms with van der Waals surface area (Å²) in [7, 11) is 3.81. The molecule has 0 heterocycles. The molecule has 2 aromatic carbocycles. The average Bonchev–Trinajstić information content (AvgIpc) is 2.64. The Morgan fingerprint density at radius 3 is 2.16 bits per heavy atom. The lowest BCUT2D eigenvalue weighted by atomic mass is 10.1. The number of benzene rings is 2. The molecule has 0 saturated carbocycles. The van der Waals surface area contributed by atoms with Gasteiger partial charge >= 0.3 is 0 Å². The monoisotopic (exact) mass is 339 g/mol. The zero-order chi connectivity index (χ0) is 18.2. The molecule has 0 aliphatic rings. The number of nitrogens with zero attached hydrogens (tertiary/aromatic N) is 1. The van der Waals surface area contributed by atoms with Gasteiger partial charge in [0.15, 0.2) is 0 Å². The summed E-state index contributed by atoms with van der Waals surface area (Å²) in [5.41, 5.74) is 8.04. The van der Waals surface area contributed by atoms with Crippen LogP contribution in [0.2, 0.25) is 0 Å². The highest BCUT2D eigenvalue weighted by Gasteiger charge is 2.10. The van der Waals surface area contributed by atoms with Crippen molar-refractivity contribution in [3.05, 3.63) is 65.2 Å². The van der Waals surface area contributed by atoms with E-state index >= 15 is 0 Å². The van der Waals surface area contributed by atoms with Crippen LogP contribution >= 0.6 is 0 Å². The third-order valence-electron chi connectivity index (χ3n) is 3.95. The first-order valence-corrected chi connectivity index (χ1v) is 8.48. The summed E-state index contributed by atoms with van der Waals surface area (Å²) >= 11 is 0. The van der Waals surface area contributed by atoms with E-state index in [-0.39, 0.29) is 11.8 Å². The Morgan fingerprint density at radius 1 is 0.920 bits per heavy atom. The van der Waals surface area contributed by atoms with Gasteiger partial charge in [0.1, 0.15) is 0 Å². The second-order valence-electron chi connectivity index (χ2n) is 6.15. The number of carbonyl (C=O) groups is 2. The molecule has 0 fully saturated rings. The molecule has 132 valence electrons. The van der Waals surface area contributed by atoms with Crippen LogP contribution in [0, 0.1) is 0 Å². The van der Waals surface area contributed by atoms with Gasteiger partial charge < -0.3 is 4.90 Å². The SMILES string of the molecule is CCCCc1ccc(C(=O)NNC(=O)c2cccc(N(C)C)c2)cc1. The lowest BCUT2D eigenvalue weighted by Crippen LogP contribution is -2.41. The van der Waals surface area contributed by atoms with Crippen molar-refractivity contribution in [2.24, 2.45) is 0 Å². The van der Waals surface area contributed by atoms with Crippen molar-refractivity contribution in [1.82, 2.24) is 10.9 Å². The number of rotatable bonds is 6. The van der Waals surface area contributed by atoms with Crippen LogP contribution in [0.3, 0.4) is 0 Å². The van der Waals surface area contributed by atoms with Crippen LogP contribution in [0.1, 0.15) is 46.0 Å². The van der Waals surface area contributed by atoms with Gasteiger partial charge in [0.2, 0.25) is 0 Å². The van der Waals surface area contributed by atoms with Gasteiger partial charge in [-0.25, -0.2) is 0 Å². The van der Waals surface area contributed by atoms with Gasteiger partial charge in [0, 0.05) is 30.9 Å². The maximum Gasteiger partial charge on any atom is 0.269 e. The molecule has 5 heteroatoms. The number of unbranched alkanes of at least 4 members (excludes halogenated alkanes) is 1. The van der Waals surface area contributed by atoms with E-state index in [1.165, 1.54) is 5.56 Å². The molecule has 0 atom stereocenters. The maximum absolute atomic E-state index is 12.2. The predicted molar refractivity (Wildman–Crippen MR) is 101 cm³/mol. The molecule has 0 unspecified atom stereocenters. The first-order valence-electron chi connectivity index (χ1n) is 8.48. The number of nitrogens with one attached hydrogen (secondary N) is 2. The normalized spacial score (nSPS) is 10.2. The first-order chi connectivity index (χ1) is 12.0. The molecule has 2 rings (SSSR count). The lowest BCUT2D eigenvalue weighted by Gasteiger charge is -2.13. The number of carbonyl (C=O) groups excluding carboxylic acids is 2. The topological polar surface area (TPSA) is 61.4 Å². The number of anilines is 1. The van der Waals surface area contributed by atoms with E-state index < -0.39 is 0 Å². The third-order valence-corrected chi connectivity index (χ3v) is 3.95. The summed E-state index contributed by atoms with van der Waals surface area (Å²) in [6.07, 6.45) is 3.29. The molecule has 0 aromatic heterocycles. The van der Waals surface area contributed by atoms with Gasteiger partial charge in [-0.2, -0.15) is 0 Å². The van der Waals surface area contributed by atoms with Gasteiger partial charge in [-0.1, -0.05) is 31.5 Å². The predicted octanol–water partition coefficient (Wildman–Crippen LogP) is 3.17. The van der Waals surface area contributed by atoms with E-state index in [0.717, 1.165) is 24.9 Å². The molecular formula is C20H25N3O2. The fraction of sp³-hybridized carbons (Fsp3) is 0.300. The Kier molecular flexibility index (Phi) is 6.57. The molecule has 2 N–H and O–H groups in total. The zero-order valence-corrected chi connectivity index (χ0v) is 15.0. The zero-order valence-electron chi connectivity index (χ0n) is 15.0. The maximum atomic E-state index is 12.2. The largest absolute Gasteiger partial charge is 0.378 e.